The molecule has 0 bridgehead atoms. The van der Waals surface area contributed by atoms with Crippen LogP contribution in [0.25, 0.3) is 0 Å². The monoisotopic (exact) mass is 319 g/mol. The minimum Gasteiger partial charge on any atom is -0.412 e. The van der Waals surface area contributed by atoms with Crippen LogP contribution in [0.5, 0.6) is 0 Å². The average molecular weight is 320 g/mol. The molecule has 1 rings (SSSR count). The molecule has 1 aromatic rings. The Balaban J connectivity index is 2.73. The third-order valence-corrected chi connectivity index (χ3v) is 9.06. The van der Waals surface area contributed by atoms with Gasteiger partial charge in [-0.3, -0.25) is 4.68 Å². The summed E-state index contributed by atoms with van der Waals surface area (Å²) in [6.07, 6.45) is 1.56. The first-order valence-corrected chi connectivity index (χ1v) is 11.0. The van der Waals surface area contributed by atoms with Crippen LogP contribution in [0.1, 0.15) is 27.7 Å². The Morgan fingerprint density at radius 2 is 2.00 bits per heavy atom. The number of hydrogen-bond acceptors (Lipinski definition) is 4. The van der Waals surface area contributed by atoms with E-state index in [0.29, 0.717) is 6.54 Å². The number of aromatic nitrogens is 2. The average Bonchev–Trinajstić information content (AvgIpc) is 2.62. The second-order valence-electron chi connectivity index (χ2n) is 6.61. The molecule has 1 heterocycles. The summed E-state index contributed by atoms with van der Waals surface area (Å²) < 4.78 is 30.1. The van der Waals surface area contributed by atoms with Gasteiger partial charge >= 0.3 is 0 Å². The van der Waals surface area contributed by atoms with Crippen LogP contribution in [0.4, 0.5) is 0 Å². The first kappa shape index (κ1) is 17.3. The van der Waals surface area contributed by atoms with Crippen LogP contribution in [0.2, 0.25) is 18.1 Å². The zero-order valence-corrected chi connectivity index (χ0v) is 14.9. The molecule has 0 aliphatic carbocycles. The molecule has 0 aliphatic heterocycles. The van der Waals surface area contributed by atoms with Crippen molar-refractivity contribution in [2.45, 2.75) is 63.5 Å². The second-order valence-corrected chi connectivity index (χ2v) is 12.9. The van der Waals surface area contributed by atoms with Gasteiger partial charge in [-0.15, -0.1) is 0 Å². The third kappa shape index (κ3) is 4.40. The number of nitrogens with zero attached hydrogens (tertiary/aromatic N) is 2. The maximum atomic E-state index is 11.2. The van der Waals surface area contributed by atoms with Crippen molar-refractivity contribution in [3.63, 3.8) is 0 Å². The van der Waals surface area contributed by atoms with Crippen molar-refractivity contribution >= 4 is 18.3 Å². The Labute approximate surface area is 122 Å². The van der Waals surface area contributed by atoms with E-state index in [1.807, 2.05) is 6.92 Å². The van der Waals surface area contributed by atoms with E-state index >= 15 is 0 Å². The Bertz CT molecular complexity index is 561. The minimum atomic E-state index is -3.74. The number of nitrogens with two attached hydrogens (primary N) is 1. The van der Waals surface area contributed by atoms with Gasteiger partial charge in [0.25, 0.3) is 10.0 Å². The molecular weight excluding hydrogens is 294 g/mol. The largest absolute Gasteiger partial charge is 0.412 e. The van der Waals surface area contributed by atoms with E-state index in [0.717, 1.165) is 0 Å². The first-order chi connectivity index (χ1) is 8.83. The fourth-order valence-corrected chi connectivity index (χ4v) is 3.48. The highest BCUT2D eigenvalue weighted by atomic mass is 32.2. The van der Waals surface area contributed by atoms with E-state index in [-0.39, 0.29) is 16.2 Å². The lowest BCUT2D eigenvalue weighted by Gasteiger charge is -2.38. The van der Waals surface area contributed by atoms with E-state index in [4.69, 9.17) is 9.56 Å². The van der Waals surface area contributed by atoms with Crippen molar-refractivity contribution in [1.82, 2.24) is 9.78 Å². The first-order valence-electron chi connectivity index (χ1n) is 6.57. The van der Waals surface area contributed by atoms with Gasteiger partial charge in [-0.1, -0.05) is 20.8 Å². The van der Waals surface area contributed by atoms with E-state index < -0.39 is 18.3 Å². The van der Waals surface area contributed by atoms with E-state index in [2.05, 4.69) is 39.0 Å². The lowest BCUT2D eigenvalue weighted by Crippen LogP contribution is -2.44. The summed E-state index contributed by atoms with van der Waals surface area (Å²) in [5.74, 6) is 0. The molecule has 0 unspecified atom stereocenters. The second kappa shape index (κ2) is 5.59. The van der Waals surface area contributed by atoms with Gasteiger partial charge in [0.1, 0.15) is 0 Å². The maximum Gasteiger partial charge on any atom is 0.257 e. The summed E-state index contributed by atoms with van der Waals surface area (Å²) in [6, 6.07) is 1.40. The van der Waals surface area contributed by atoms with Crippen molar-refractivity contribution in [2.75, 3.05) is 0 Å². The van der Waals surface area contributed by atoms with Gasteiger partial charge < -0.3 is 4.43 Å². The van der Waals surface area contributed by atoms with Crippen LogP contribution in [-0.4, -0.2) is 32.6 Å². The molecule has 1 aromatic heterocycles. The molecule has 0 radical (unpaired) electrons. The molecule has 6 nitrogen and oxygen atoms in total. The van der Waals surface area contributed by atoms with E-state index in [1.54, 1.807) is 10.9 Å². The molecular formula is C12H25N3O3SSi. The van der Waals surface area contributed by atoms with Crippen molar-refractivity contribution in [2.24, 2.45) is 5.14 Å². The fraction of sp³-hybridized carbons (Fsp3) is 0.750. The van der Waals surface area contributed by atoms with Gasteiger partial charge in [0, 0.05) is 6.20 Å². The van der Waals surface area contributed by atoms with Gasteiger partial charge in [0.05, 0.1) is 12.6 Å². The number of sulfonamides is 1. The summed E-state index contributed by atoms with van der Waals surface area (Å²) in [5, 5.41) is 9.01. The van der Waals surface area contributed by atoms with Crippen LogP contribution >= 0.6 is 0 Å². The molecule has 0 amide bonds. The third-order valence-electron chi connectivity index (χ3n) is 3.65. The van der Waals surface area contributed by atoms with Crippen LogP contribution in [-0.2, 0) is 21.0 Å². The zero-order valence-electron chi connectivity index (χ0n) is 13.0. The van der Waals surface area contributed by atoms with Crippen LogP contribution < -0.4 is 5.14 Å². The minimum absolute atomic E-state index is 0.0379. The highest BCUT2D eigenvalue weighted by Crippen LogP contribution is 2.37. The molecule has 0 fully saturated rings. The summed E-state index contributed by atoms with van der Waals surface area (Å²) >= 11 is 0. The van der Waals surface area contributed by atoms with Crippen molar-refractivity contribution in [3.05, 3.63) is 12.3 Å². The summed E-state index contributed by atoms with van der Waals surface area (Å²) in [4.78, 5) is 0. The van der Waals surface area contributed by atoms with Crippen LogP contribution in [0.3, 0.4) is 0 Å². The molecule has 20 heavy (non-hydrogen) atoms. The SMILES string of the molecule is C[C@H](Cn1ccc(S(N)(=O)=O)n1)O[Si](C)(C)C(C)(C)C. The predicted molar refractivity (Wildman–Crippen MR) is 81.3 cm³/mol. The van der Waals surface area contributed by atoms with Gasteiger partial charge in [0.15, 0.2) is 13.3 Å². The van der Waals surface area contributed by atoms with Crippen molar-refractivity contribution in [1.29, 1.82) is 0 Å². The number of rotatable bonds is 5. The van der Waals surface area contributed by atoms with Crippen LogP contribution in [0.15, 0.2) is 17.3 Å². The highest BCUT2D eigenvalue weighted by molar-refractivity contribution is 7.89. The summed E-state index contributed by atoms with van der Waals surface area (Å²) in [5.41, 5.74) is 0. The topological polar surface area (TPSA) is 87.2 Å². The molecule has 116 valence electrons. The van der Waals surface area contributed by atoms with Gasteiger partial charge in [-0.05, 0) is 31.1 Å². The van der Waals surface area contributed by atoms with Crippen molar-refractivity contribution in [3.8, 4) is 0 Å². The number of hydrogen-bond donors (Lipinski definition) is 1. The predicted octanol–water partition coefficient (Wildman–Crippen LogP) is 1.94. The summed E-state index contributed by atoms with van der Waals surface area (Å²) in [7, 11) is -5.58. The molecule has 0 aromatic carbocycles. The quantitative estimate of drug-likeness (QED) is 0.840. The molecule has 0 spiro atoms. The number of primary sulfonamides is 1. The zero-order chi connectivity index (χ0) is 15.8. The lowest BCUT2D eigenvalue weighted by atomic mass is 10.2. The van der Waals surface area contributed by atoms with Gasteiger partial charge in [0.2, 0.25) is 0 Å². The maximum absolute atomic E-state index is 11.2. The van der Waals surface area contributed by atoms with Gasteiger partial charge in [-0.2, -0.15) is 5.10 Å². The highest BCUT2D eigenvalue weighted by Gasteiger charge is 2.38. The molecule has 8 heteroatoms. The fourth-order valence-electron chi connectivity index (χ4n) is 1.58. The van der Waals surface area contributed by atoms with E-state index in [1.165, 1.54) is 6.07 Å². The molecule has 0 saturated heterocycles. The normalized spacial score (nSPS) is 15.3. The smallest absolute Gasteiger partial charge is 0.257 e. The standard InChI is InChI=1S/C12H25N3O3SSi/c1-10(18-20(5,6)12(2,3)4)9-15-8-7-11(14-15)19(13,16)17/h7-8,10H,9H2,1-6H3,(H2,13,16,17)/t10-/m1/s1. The summed E-state index contributed by atoms with van der Waals surface area (Å²) in [6.45, 7) is 13.4. The lowest BCUT2D eigenvalue weighted by molar-refractivity contribution is 0.173. The molecule has 2 N–H and O–H groups in total. The van der Waals surface area contributed by atoms with Crippen LogP contribution in [0, 0.1) is 0 Å². The Kier molecular flexibility index (Phi) is 4.85. The Morgan fingerprint density at radius 3 is 2.40 bits per heavy atom. The molecule has 0 aliphatic rings. The Hall–Kier alpha value is -0.703. The molecule has 1 atom stereocenters. The Morgan fingerprint density at radius 1 is 1.45 bits per heavy atom. The van der Waals surface area contributed by atoms with Crippen molar-refractivity contribution < 1.29 is 12.8 Å². The molecule has 0 saturated carbocycles. The van der Waals surface area contributed by atoms with E-state index in [9.17, 15) is 8.42 Å². The van der Waals surface area contributed by atoms with Gasteiger partial charge in [-0.25, -0.2) is 13.6 Å².